The molecule has 1 aliphatic rings. The number of benzene rings is 2. The minimum Gasteiger partial charge on any atom is -0.494 e. The first kappa shape index (κ1) is 21.7. The number of sulfonamides is 1. The van der Waals surface area contributed by atoms with E-state index < -0.39 is 27.7 Å². The van der Waals surface area contributed by atoms with Crippen LogP contribution < -0.4 is 10.1 Å². The fraction of sp³-hybridized carbons (Fsp3) is 0.350. The lowest BCUT2D eigenvalue weighted by Gasteiger charge is -2.31. The van der Waals surface area contributed by atoms with Gasteiger partial charge in [0.1, 0.15) is 11.6 Å². The van der Waals surface area contributed by atoms with Gasteiger partial charge in [0.15, 0.2) is 0 Å². The summed E-state index contributed by atoms with van der Waals surface area (Å²) in [7, 11) is -3.73. The molecule has 2 aromatic carbocycles. The van der Waals surface area contributed by atoms with E-state index in [-0.39, 0.29) is 17.1 Å². The lowest BCUT2D eigenvalue weighted by molar-refractivity contribution is -0.120. The van der Waals surface area contributed by atoms with Gasteiger partial charge in [-0.25, -0.2) is 12.8 Å². The molecule has 0 radical (unpaired) electrons. The molecular formula is C20H22BrFN2O4S. The van der Waals surface area contributed by atoms with Crippen LogP contribution in [0.5, 0.6) is 5.75 Å². The molecule has 0 saturated carbocycles. The highest BCUT2D eigenvalue weighted by Gasteiger charge is 2.33. The first-order valence-corrected chi connectivity index (χ1v) is 11.5. The summed E-state index contributed by atoms with van der Waals surface area (Å²) in [5.41, 5.74) is 0.0738. The van der Waals surface area contributed by atoms with Crippen molar-refractivity contribution in [3.05, 3.63) is 52.8 Å². The third-order valence-electron chi connectivity index (χ3n) is 4.72. The Hall–Kier alpha value is -1.97. The van der Waals surface area contributed by atoms with Gasteiger partial charge in [-0.3, -0.25) is 4.79 Å². The van der Waals surface area contributed by atoms with E-state index in [2.05, 4.69) is 21.2 Å². The van der Waals surface area contributed by atoms with Crippen molar-refractivity contribution < 1.29 is 22.3 Å². The van der Waals surface area contributed by atoms with E-state index in [0.717, 1.165) is 0 Å². The number of carbonyl (C=O) groups excluding carboxylic acids is 1. The number of hydrogen-bond donors (Lipinski definition) is 1. The van der Waals surface area contributed by atoms with Gasteiger partial charge in [-0.2, -0.15) is 4.31 Å². The number of nitrogens with one attached hydrogen (secondary N) is 1. The number of halogens is 2. The molecule has 0 spiro atoms. The summed E-state index contributed by atoms with van der Waals surface area (Å²) in [5.74, 6) is -0.900. The Morgan fingerprint density at radius 2 is 2.00 bits per heavy atom. The molecule has 1 fully saturated rings. The number of anilines is 1. The molecule has 1 amide bonds. The predicted molar refractivity (Wildman–Crippen MR) is 112 cm³/mol. The molecule has 0 bridgehead atoms. The lowest BCUT2D eigenvalue weighted by Crippen LogP contribution is -2.43. The maximum Gasteiger partial charge on any atom is 0.243 e. The van der Waals surface area contributed by atoms with Crippen molar-refractivity contribution in [2.45, 2.75) is 24.7 Å². The van der Waals surface area contributed by atoms with Gasteiger partial charge in [0.25, 0.3) is 0 Å². The Morgan fingerprint density at radius 3 is 2.66 bits per heavy atom. The van der Waals surface area contributed by atoms with Crippen molar-refractivity contribution in [3.8, 4) is 5.75 Å². The van der Waals surface area contributed by atoms with Crippen LogP contribution in [0.4, 0.5) is 10.1 Å². The summed E-state index contributed by atoms with van der Waals surface area (Å²) >= 11 is 3.17. The molecule has 156 valence electrons. The van der Waals surface area contributed by atoms with Crippen molar-refractivity contribution in [1.82, 2.24) is 4.31 Å². The first-order chi connectivity index (χ1) is 13.8. The van der Waals surface area contributed by atoms with Crippen molar-refractivity contribution in [2.24, 2.45) is 5.92 Å². The zero-order valence-corrected chi connectivity index (χ0v) is 18.3. The third-order valence-corrected chi connectivity index (χ3v) is 7.09. The lowest BCUT2D eigenvalue weighted by atomic mass is 9.98. The molecule has 1 saturated heterocycles. The Morgan fingerprint density at radius 1 is 1.28 bits per heavy atom. The van der Waals surface area contributed by atoms with E-state index in [1.165, 1.54) is 28.6 Å². The number of amides is 1. The SMILES string of the molecule is CCOc1ccc(S(=O)(=O)N2CCC[C@H](C(=O)Nc3ccc(Br)cc3F)C2)cc1. The largest absolute Gasteiger partial charge is 0.494 e. The highest BCUT2D eigenvalue weighted by Crippen LogP contribution is 2.27. The van der Waals surface area contributed by atoms with Gasteiger partial charge in [0.2, 0.25) is 15.9 Å². The number of ether oxygens (including phenoxy) is 1. The Balaban J connectivity index is 1.71. The van der Waals surface area contributed by atoms with E-state index in [4.69, 9.17) is 4.74 Å². The van der Waals surface area contributed by atoms with Crippen molar-refractivity contribution in [3.63, 3.8) is 0 Å². The molecule has 1 atom stereocenters. The average molecular weight is 485 g/mol. The molecule has 1 heterocycles. The number of rotatable bonds is 6. The maximum absolute atomic E-state index is 14.0. The number of nitrogens with zero attached hydrogens (tertiary/aromatic N) is 1. The van der Waals surface area contributed by atoms with Crippen LogP contribution in [-0.2, 0) is 14.8 Å². The van der Waals surface area contributed by atoms with Crippen LogP contribution in [0.1, 0.15) is 19.8 Å². The van der Waals surface area contributed by atoms with Gasteiger partial charge in [-0.1, -0.05) is 15.9 Å². The second kappa shape index (κ2) is 9.23. The van der Waals surface area contributed by atoms with E-state index in [9.17, 15) is 17.6 Å². The minimum absolute atomic E-state index is 0.0551. The van der Waals surface area contributed by atoms with Gasteiger partial charge >= 0.3 is 0 Å². The summed E-state index contributed by atoms with van der Waals surface area (Å²) in [6, 6.07) is 10.6. The normalized spacial score (nSPS) is 17.7. The fourth-order valence-corrected chi connectivity index (χ4v) is 5.08. The maximum atomic E-state index is 14.0. The average Bonchev–Trinajstić information content (AvgIpc) is 2.71. The number of carbonyl (C=O) groups is 1. The van der Waals surface area contributed by atoms with Gasteiger partial charge in [0, 0.05) is 17.6 Å². The standard InChI is InChI=1S/C20H22BrFN2O4S/c1-2-28-16-6-8-17(9-7-16)29(26,27)24-11-3-4-14(13-24)20(25)23-19-10-5-15(21)12-18(19)22/h5-10,12,14H,2-4,11,13H2,1H3,(H,23,25)/t14-/m0/s1. The molecule has 0 unspecified atom stereocenters. The Labute approximate surface area is 178 Å². The van der Waals surface area contributed by atoms with Crippen LogP contribution in [0.15, 0.2) is 51.8 Å². The molecule has 6 nitrogen and oxygen atoms in total. The second-order valence-corrected chi connectivity index (χ2v) is 9.57. The molecule has 9 heteroatoms. The van der Waals surface area contributed by atoms with Crippen molar-refractivity contribution >= 4 is 37.5 Å². The topological polar surface area (TPSA) is 75.7 Å². The Bertz CT molecular complexity index is 982. The third kappa shape index (κ3) is 5.15. The van der Waals surface area contributed by atoms with Crippen LogP contribution in [0, 0.1) is 11.7 Å². The van der Waals surface area contributed by atoms with Crippen LogP contribution in [-0.4, -0.2) is 38.3 Å². The van der Waals surface area contributed by atoms with Crippen molar-refractivity contribution in [2.75, 3.05) is 25.0 Å². The highest BCUT2D eigenvalue weighted by molar-refractivity contribution is 9.10. The number of hydrogen-bond acceptors (Lipinski definition) is 4. The monoisotopic (exact) mass is 484 g/mol. The first-order valence-electron chi connectivity index (χ1n) is 9.30. The summed E-state index contributed by atoms with van der Waals surface area (Å²) in [6.07, 6.45) is 1.09. The molecular weight excluding hydrogens is 463 g/mol. The molecule has 0 aromatic heterocycles. The van der Waals surface area contributed by atoms with Crippen LogP contribution >= 0.6 is 15.9 Å². The van der Waals surface area contributed by atoms with Gasteiger partial charge in [0.05, 0.1) is 23.1 Å². The van der Waals surface area contributed by atoms with E-state index in [0.29, 0.717) is 36.2 Å². The quantitative estimate of drug-likeness (QED) is 0.671. The molecule has 1 N–H and O–H groups in total. The zero-order valence-electron chi connectivity index (χ0n) is 15.9. The van der Waals surface area contributed by atoms with E-state index in [1.54, 1.807) is 18.2 Å². The smallest absolute Gasteiger partial charge is 0.243 e. The molecule has 3 rings (SSSR count). The van der Waals surface area contributed by atoms with Crippen LogP contribution in [0.25, 0.3) is 0 Å². The Kier molecular flexibility index (Phi) is 6.92. The fourth-order valence-electron chi connectivity index (χ4n) is 3.22. The predicted octanol–water partition coefficient (Wildman–Crippen LogP) is 4.03. The molecule has 0 aliphatic carbocycles. The van der Waals surface area contributed by atoms with Gasteiger partial charge in [-0.15, -0.1) is 0 Å². The van der Waals surface area contributed by atoms with Crippen LogP contribution in [0.3, 0.4) is 0 Å². The van der Waals surface area contributed by atoms with E-state index >= 15 is 0 Å². The summed E-state index contributed by atoms with van der Waals surface area (Å²) in [6.45, 7) is 2.74. The molecule has 2 aromatic rings. The number of piperidine rings is 1. The summed E-state index contributed by atoms with van der Waals surface area (Å²) in [5, 5.41) is 2.57. The van der Waals surface area contributed by atoms with Gasteiger partial charge < -0.3 is 10.1 Å². The minimum atomic E-state index is -3.73. The second-order valence-electron chi connectivity index (χ2n) is 6.72. The summed E-state index contributed by atoms with van der Waals surface area (Å²) in [4.78, 5) is 12.8. The van der Waals surface area contributed by atoms with Gasteiger partial charge in [-0.05, 0) is 62.2 Å². The zero-order chi connectivity index (χ0) is 21.0. The molecule has 29 heavy (non-hydrogen) atoms. The molecule has 1 aliphatic heterocycles. The highest BCUT2D eigenvalue weighted by atomic mass is 79.9. The van der Waals surface area contributed by atoms with E-state index in [1.807, 2.05) is 6.92 Å². The van der Waals surface area contributed by atoms with Crippen LogP contribution in [0.2, 0.25) is 0 Å². The summed E-state index contributed by atoms with van der Waals surface area (Å²) < 4.78 is 47.1. The van der Waals surface area contributed by atoms with Crippen molar-refractivity contribution in [1.29, 1.82) is 0 Å².